The number of fused-ring (bicyclic) bond motifs is 1. The first-order valence-corrected chi connectivity index (χ1v) is 8.54. The first-order valence-electron chi connectivity index (χ1n) is 8.54. The van der Waals surface area contributed by atoms with E-state index in [1.807, 2.05) is 34.8 Å². The average molecular weight is 340 g/mol. The van der Waals surface area contributed by atoms with Crippen LogP contribution in [0.15, 0.2) is 72.0 Å². The number of hydrogen-bond acceptors (Lipinski definition) is 5. The van der Waals surface area contributed by atoms with Crippen molar-refractivity contribution in [2.24, 2.45) is 4.99 Å². The molecule has 0 unspecified atom stereocenters. The van der Waals surface area contributed by atoms with Gasteiger partial charge in [0, 0.05) is 30.1 Å². The largest absolute Gasteiger partial charge is 0.368 e. The summed E-state index contributed by atoms with van der Waals surface area (Å²) in [5.41, 5.74) is 4.73. The van der Waals surface area contributed by atoms with Gasteiger partial charge in [-0.15, -0.1) is 5.10 Å². The van der Waals surface area contributed by atoms with Gasteiger partial charge in [0.2, 0.25) is 0 Å². The lowest BCUT2D eigenvalue weighted by molar-refractivity contribution is 0.956. The summed E-state index contributed by atoms with van der Waals surface area (Å²) in [6.07, 6.45) is 3.53. The molecular formula is C20H16N6. The number of nitrogens with one attached hydrogen (secondary N) is 1. The second kappa shape index (κ2) is 6.07. The van der Waals surface area contributed by atoms with Crippen LogP contribution >= 0.6 is 0 Å². The van der Waals surface area contributed by atoms with E-state index in [1.54, 1.807) is 12.4 Å². The van der Waals surface area contributed by atoms with Crippen molar-refractivity contribution < 1.29 is 0 Å². The number of nitrogens with zero attached hydrogens (tertiary/aromatic N) is 5. The molecule has 0 saturated carbocycles. The van der Waals surface area contributed by atoms with E-state index in [4.69, 9.17) is 10.1 Å². The van der Waals surface area contributed by atoms with Crippen molar-refractivity contribution in [3.8, 4) is 22.6 Å². The summed E-state index contributed by atoms with van der Waals surface area (Å²) in [6, 6.07) is 18.2. The summed E-state index contributed by atoms with van der Waals surface area (Å²) in [5.74, 6) is 1.53. The van der Waals surface area contributed by atoms with Gasteiger partial charge in [0.05, 0.1) is 17.8 Å². The molecule has 0 spiro atoms. The van der Waals surface area contributed by atoms with E-state index in [2.05, 4.69) is 39.6 Å². The molecule has 126 valence electrons. The maximum absolute atomic E-state index is 4.80. The second-order valence-corrected chi connectivity index (χ2v) is 6.07. The fourth-order valence-electron chi connectivity index (χ4n) is 3.17. The van der Waals surface area contributed by atoms with Gasteiger partial charge < -0.3 is 5.32 Å². The molecule has 0 fully saturated rings. The van der Waals surface area contributed by atoms with Crippen LogP contribution in [-0.2, 0) is 0 Å². The lowest BCUT2D eigenvalue weighted by atomic mass is 10.1. The monoisotopic (exact) mass is 340 g/mol. The lowest BCUT2D eigenvalue weighted by Crippen LogP contribution is -2.20. The smallest absolute Gasteiger partial charge is 0.183 e. The minimum absolute atomic E-state index is 0.654. The fourth-order valence-corrected chi connectivity index (χ4v) is 3.17. The predicted molar refractivity (Wildman–Crippen MR) is 101 cm³/mol. The Labute approximate surface area is 150 Å². The van der Waals surface area contributed by atoms with Gasteiger partial charge in [-0.25, -0.2) is 9.50 Å². The third-order valence-electron chi connectivity index (χ3n) is 4.40. The average Bonchev–Trinajstić information content (AvgIpc) is 3.39. The van der Waals surface area contributed by atoms with Crippen molar-refractivity contribution in [3.63, 3.8) is 0 Å². The van der Waals surface area contributed by atoms with Crippen LogP contribution in [0.25, 0.3) is 28.3 Å². The molecule has 6 heteroatoms. The third kappa shape index (κ3) is 2.43. The Morgan fingerprint density at radius 3 is 2.58 bits per heavy atom. The SMILES string of the molecule is c1ccc(-c2ccc(C3=NCCN3)c3nc(-c4cccnc4)nn23)cc1. The van der Waals surface area contributed by atoms with E-state index in [1.165, 1.54) is 0 Å². The van der Waals surface area contributed by atoms with Crippen LogP contribution in [0.5, 0.6) is 0 Å². The van der Waals surface area contributed by atoms with Gasteiger partial charge in [-0.3, -0.25) is 9.98 Å². The van der Waals surface area contributed by atoms with Crippen LogP contribution in [0.3, 0.4) is 0 Å². The van der Waals surface area contributed by atoms with E-state index in [0.29, 0.717) is 5.82 Å². The van der Waals surface area contributed by atoms with E-state index in [9.17, 15) is 0 Å². The number of hydrogen-bond donors (Lipinski definition) is 1. The first-order chi connectivity index (χ1) is 12.9. The topological polar surface area (TPSA) is 67.5 Å². The Bertz CT molecular complexity index is 1100. The molecule has 0 saturated heterocycles. The Morgan fingerprint density at radius 1 is 0.923 bits per heavy atom. The van der Waals surface area contributed by atoms with Gasteiger partial charge in [0.15, 0.2) is 11.5 Å². The molecule has 4 aromatic rings. The molecule has 0 radical (unpaired) electrons. The first kappa shape index (κ1) is 14.8. The Kier molecular flexibility index (Phi) is 3.45. The van der Waals surface area contributed by atoms with Crippen LogP contribution in [0.2, 0.25) is 0 Å². The molecule has 0 aliphatic carbocycles. The number of aliphatic imine (C=N–C) groups is 1. The van der Waals surface area contributed by atoms with E-state index < -0.39 is 0 Å². The normalized spacial score (nSPS) is 13.6. The Hall–Kier alpha value is -3.54. The highest BCUT2D eigenvalue weighted by Crippen LogP contribution is 2.25. The van der Waals surface area contributed by atoms with Crippen molar-refractivity contribution in [1.82, 2.24) is 24.9 Å². The van der Waals surface area contributed by atoms with E-state index >= 15 is 0 Å². The van der Waals surface area contributed by atoms with Crippen molar-refractivity contribution in [3.05, 3.63) is 72.6 Å². The highest BCUT2D eigenvalue weighted by atomic mass is 15.3. The molecule has 26 heavy (non-hydrogen) atoms. The van der Waals surface area contributed by atoms with Gasteiger partial charge in [0.25, 0.3) is 0 Å². The summed E-state index contributed by atoms with van der Waals surface area (Å²) in [6.45, 7) is 1.64. The number of benzene rings is 1. The van der Waals surface area contributed by atoms with Gasteiger partial charge in [-0.2, -0.15) is 0 Å². The minimum Gasteiger partial charge on any atom is -0.368 e. The summed E-state index contributed by atoms with van der Waals surface area (Å²) < 4.78 is 1.90. The molecule has 0 amide bonds. The van der Waals surface area contributed by atoms with Crippen molar-refractivity contribution in [2.75, 3.05) is 13.1 Å². The molecule has 1 N–H and O–H groups in total. The third-order valence-corrected chi connectivity index (χ3v) is 4.40. The maximum atomic E-state index is 4.80. The maximum Gasteiger partial charge on any atom is 0.183 e. The number of rotatable bonds is 3. The standard InChI is InChI=1S/C20H16N6/c1-2-5-14(6-3-1)17-9-8-16(19-22-11-12-23-19)20-24-18(25-26(17)20)15-7-4-10-21-13-15/h1-10,13H,11-12H2,(H,22,23). The molecule has 5 rings (SSSR count). The summed E-state index contributed by atoms with van der Waals surface area (Å²) >= 11 is 0. The highest BCUT2D eigenvalue weighted by molar-refractivity contribution is 6.05. The molecule has 3 aromatic heterocycles. The van der Waals surface area contributed by atoms with Crippen LogP contribution in [-0.4, -0.2) is 38.5 Å². The molecular weight excluding hydrogens is 324 g/mol. The molecule has 6 nitrogen and oxygen atoms in total. The zero-order chi connectivity index (χ0) is 17.3. The van der Waals surface area contributed by atoms with Gasteiger partial charge in [-0.05, 0) is 24.3 Å². The molecule has 4 heterocycles. The molecule has 1 aliphatic heterocycles. The van der Waals surface area contributed by atoms with Crippen LogP contribution < -0.4 is 5.32 Å². The number of aromatic nitrogens is 4. The summed E-state index contributed by atoms with van der Waals surface area (Å²) in [7, 11) is 0. The van der Waals surface area contributed by atoms with Gasteiger partial charge in [0.1, 0.15) is 5.84 Å². The molecule has 0 bridgehead atoms. The molecule has 1 aliphatic rings. The van der Waals surface area contributed by atoms with E-state index in [-0.39, 0.29) is 0 Å². The van der Waals surface area contributed by atoms with Gasteiger partial charge in [-0.1, -0.05) is 30.3 Å². The zero-order valence-corrected chi connectivity index (χ0v) is 14.0. The van der Waals surface area contributed by atoms with Crippen molar-refractivity contribution in [2.45, 2.75) is 0 Å². The molecule has 1 aromatic carbocycles. The minimum atomic E-state index is 0.654. The molecule has 0 atom stereocenters. The van der Waals surface area contributed by atoms with Crippen LogP contribution in [0, 0.1) is 0 Å². The van der Waals surface area contributed by atoms with Crippen LogP contribution in [0.4, 0.5) is 0 Å². The number of pyridine rings is 2. The Morgan fingerprint density at radius 2 is 1.81 bits per heavy atom. The number of amidine groups is 1. The van der Waals surface area contributed by atoms with Crippen LogP contribution in [0.1, 0.15) is 5.56 Å². The van der Waals surface area contributed by atoms with Crippen molar-refractivity contribution >= 4 is 11.5 Å². The summed E-state index contributed by atoms with van der Waals surface area (Å²) in [5, 5.41) is 8.10. The van der Waals surface area contributed by atoms with Gasteiger partial charge >= 0.3 is 0 Å². The lowest BCUT2D eigenvalue weighted by Gasteiger charge is -2.08. The summed E-state index contributed by atoms with van der Waals surface area (Å²) in [4.78, 5) is 13.5. The van der Waals surface area contributed by atoms with E-state index in [0.717, 1.165) is 47.0 Å². The quantitative estimate of drug-likeness (QED) is 0.623. The van der Waals surface area contributed by atoms with Crippen molar-refractivity contribution in [1.29, 1.82) is 0 Å². The second-order valence-electron chi connectivity index (χ2n) is 6.07. The predicted octanol–water partition coefficient (Wildman–Crippen LogP) is 2.81. The highest BCUT2D eigenvalue weighted by Gasteiger charge is 2.18. The Balaban J connectivity index is 1.77. The fraction of sp³-hybridized carbons (Fsp3) is 0.100. The zero-order valence-electron chi connectivity index (χ0n) is 14.0.